The van der Waals surface area contributed by atoms with E-state index in [1.165, 1.54) is 13.3 Å². The van der Waals surface area contributed by atoms with Gasteiger partial charge in [-0.05, 0) is 19.0 Å². The topological polar surface area (TPSA) is 87.2 Å². The molecule has 1 aromatic rings. The third-order valence-corrected chi connectivity index (χ3v) is 4.30. The van der Waals surface area contributed by atoms with Gasteiger partial charge in [-0.1, -0.05) is 0 Å². The van der Waals surface area contributed by atoms with E-state index in [2.05, 4.69) is 15.2 Å². The van der Waals surface area contributed by atoms with Gasteiger partial charge in [-0.2, -0.15) is 13.2 Å². The standard InChI is InChI=1S/C17H25F3N4O4/c1-27-9-10-28-13-11-14(17(18,19)20)15(22-12-13)24-7-5-23(6-8-24)4-2-3-21-16(25)26/h11-12,21H,2-10H2,1H3,(H,25,26). The molecule has 0 atom stereocenters. The van der Waals surface area contributed by atoms with Gasteiger partial charge in [0.05, 0.1) is 12.8 Å². The number of amides is 1. The number of hydrogen-bond acceptors (Lipinski definition) is 6. The lowest BCUT2D eigenvalue weighted by molar-refractivity contribution is -0.137. The maximum Gasteiger partial charge on any atom is 0.420 e. The number of pyridine rings is 1. The van der Waals surface area contributed by atoms with E-state index in [0.29, 0.717) is 45.7 Å². The molecule has 0 aliphatic carbocycles. The molecule has 1 fully saturated rings. The fourth-order valence-corrected chi connectivity index (χ4v) is 2.90. The molecule has 2 rings (SSSR count). The second-order valence-corrected chi connectivity index (χ2v) is 6.30. The summed E-state index contributed by atoms with van der Waals surface area (Å²) in [7, 11) is 1.48. The van der Waals surface area contributed by atoms with Crippen molar-refractivity contribution >= 4 is 11.9 Å². The first-order valence-corrected chi connectivity index (χ1v) is 8.94. The number of halogens is 3. The van der Waals surface area contributed by atoms with Gasteiger partial charge in [0.15, 0.2) is 0 Å². The third kappa shape index (κ3) is 6.71. The van der Waals surface area contributed by atoms with Gasteiger partial charge in [0.1, 0.15) is 23.7 Å². The first-order valence-electron chi connectivity index (χ1n) is 8.94. The summed E-state index contributed by atoms with van der Waals surface area (Å²) in [5, 5.41) is 10.8. The predicted octanol–water partition coefficient (Wildman–Crippen LogP) is 1.91. The maximum absolute atomic E-state index is 13.5. The van der Waals surface area contributed by atoms with E-state index in [1.807, 2.05) is 0 Å². The van der Waals surface area contributed by atoms with Crippen molar-refractivity contribution in [3.05, 3.63) is 17.8 Å². The highest BCUT2D eigenvalue weighted by atomic mass is 19.4. The van der Waals surface area contributed by atoms with Gasteiger partial charge in [-0.25, -0.2) is 9.78 Å². The number of nitrogens with zero attached hydrogens (tertiary/aromatic N) is 3. The molecule has 0 radical (unpaired) electrons. The van der Waals surface area contributed by atoms with Gasteiger partial charge in [0.25, 0.3) is 0 Å². The molecule has 11 heteroatoms. The molecule has 0 spiro atoms. The zero-order chi connectivity index (χ0) is 20.6. The highest BCUT2D eigenvalue weighted by Crippen LogP contribution is 2.37. The van der Waals surface area contributed by atoms with E-state index < -0.39 is 17.8 Å². The first-order chi connectivity index (χ1) is 13.3. The molecule has 8 nitrogen and oxygen atoms in total. The normalized spacial score (nSPS) is 15.5. The van der Waals surface area contributed by atoms with Crippen LogP contribution in [0.5, 0.6) is 5.75 Å². The van der Waals surface area contributed by atoms with Gasteiger partial charge in [-0.15, -0.1) is 0 Å². The van der Waals surface area contributed by atoms with Crippen molar-refractivity contribution in [1.29, 1.82) is 0 Å². The fraction of sp³-hybridized carbons (Fsp3) is 0.647. The fourth-order valence-electron chi connectivity index (χ4n) is 2.90. The number of methoxy groups -OCH3 is 1. The Morgan fingerprint density at radius 1 is 1.29 bits per heavy atom. The minimum Gasteiger partial charge on any atom is -0.490 e. The highest BCUT2D eigenvalue weighted by Gasteiger charge is 2.37. The second-order valence-electron chi connectivity index (χ2n) is 6.30. The molecule has 28 heavy (non-hydrogen) atoms. The summed E-state index contributed by atoms with van der Waals surface area (Å²) >= 11 is 0. The molecule has 1 aliphatic rings. The SMILES string of the molecule is COCCOc1cnc(N2CCN(CCCNC(=O)O)CC2)c(C(F)(F)F)c1. The second kappa shape index (κ2) is 10.3. The van der Waals surface area contributed by atoms with Gasteiger partial charge in [0.2, 0.25) is 0 Å². The van der Waals surface area contributed by atoms with Gasteiger partial charge < -0.3 is 24.8 Å². The van der Waals surface area contributed by atoms with Crippen LogP contribution in [0.25, 0.3) is 0 Å². The number of aromatic nitrogens is 1. The Morgan fingerprint density at radius 3 is 2.61 bits per heavy atom. The third-order valence-electron chi connectivity index (χ3n) is 4.30. The molecule has 2 N–H and O–H groups in total. The molecule has 0 bridgehead atoms. The van der Waals surface area contributed by atoms with E-state index in [1.54, 1.807) is 4.90 Å². The average Bonchev–Trinajstić information content (AvgIpc) is 2.65. The number of nitrogens with one attached hydrogen (secondary N) is 1. The average molecular weight is 406 g/mol. The zero-order valence-corrected chi connectivity index (χ0v) is 15.7. The van der Waals surface area contributed by atoms with Crippen LogP contribution in [0.1, 0.15) is 12.0 Å². The van der Waals surface area contributed by atoms with E-state index in [-0.39, 0.29) is 24.8 Å². The maximum atomic E-state index is 13.5. The summed E-state index contributed by atoms with van der Waals surface area (Å²) in [6, 6.07) is 0.974. The van der Waals surface area contributed by atoms with E-state index in [4.69, 9.17) is 14.6 Å². The summed E-state index contributed by atoms with van der Waals surface area (Å²) in [4.78, 5) is 18.1. The summed E-state index contributed by atoms with van der Waals surface area (Å²) in [6.07, 6.45) is -3.66. The zero-order valence-electron chi connectivity index (χ0n) is 15.7. The van der Waals surface area contributed by atoms with Crippen molar-refractivity contribution in [2.75, 3.05) is 64.5 Å². The number of piperazine rings is 1. The molecule has 0 saturated carbocycles. The smallest absolute Gasteiger partial charge is 0.420 e. The Bertz CT molecular complexity index is 637. The lowest BCUT2D eigenvalue weighted by Gasteiger charge is -2.36. The van der Waals surface area contributed by atoms with Gasteiger partial charge in [0, 0.05) is 39.8 Å². The lowest BCUT2D eigenvalue weighted by Crippen LogP contribution is -2.47. The lowest BCUT2D eigenvalue weighted by atomic mass is 10.2. The number of carboxylic acid groups (broad SMARTS) is 1. The summed E-state index contributed by atoms with van der Waals surface area (Å²) in [5.74, 6) is -0.0449. The van der Waals surface area contributed by atoms with Crippen molar-refractivity contribution in [2.24, 2.45) is 0 Å². The van der Waals surface area contributed by atoms with Crippen LogP contribution in [-0.4, -0.2) is 80.7 Å². The van der Waals surface area contributed by atoms with Crippen molar-refractivity contribution in [3.8, 4) is 5.75 Å². The van der Waals surface area contributed by atoms with Crippen molar-refractivity contribution in [2.45, 2.75) is 12.6 Å². The number of ether oxygens (including phenoxy) is 2. The number of rotatable bonds is 9. The molecule has 0 unspecified atom stereocenters. The van der Waals surface area contributed by atoms with Crippen LogP contribution in [0.4, 0.5) is 23.8 Å². The Hall–Kier alpha value is -2.27. The van der Waals surface area contributed by atoms with E-state index >= 15 is 0 Å². The molecular formula is C17H25F3N4O4. The molecule has 1 saturated heterocycles. The number of hydrogen-bond donors (Lipinski definition) is 2. The Labute approximate surface area is 161 Å². The quantitative estimate of drug-likeness (QED) is 0.606. The Balaban J connectivity index is 1.96. The van der Waals surface area contributed by atoms with Crippen molar-refractivity contribution in [1.82, 2.24) is 15.2 Å². The molecule has 1 aliphatic heterocycles. The van der Waals surface area contributed by atoms with Crippen LogP contribution >= 0.6 is 0 Å². The van der Waals surface area contributed by atoms with Gasteiger partial charge in [-0.3, -0.25) is 4.90 Å². The first kappa shape index (κ1) is 22.0. The Morgan fingerprint density at radius 2 is 2.00 bits per heavy atom. The molecule has 158 valence electrons. The number of carbonyl (C=O) groups is 1. The Kier molecular flexibility index (Phi) is 8.12. The van der Waals surface area contributed by atoms with Crippen molar-refractivity contribution < 1.29 is 32.5 Å². The van der Waals surface area contributed by atoms with Crippen LogP contribution in [0, 0.1) is 0 Å². The predicted molar refractivity (Wildman–Crippen MR) is 95.9 cm³/mol. The molecule has 1 amide bonds. The van der Waals surface area contributed by atoms with Crippen LogP contribution in [0.15, 0.2) is 12.3 Å². The minimum absolute atomic E-state index is 0.0534. The summed E-state index contributed by atoms with van der Waals surface area (Å²) in [5.41, 5.74) is -0.818. The van der Waals surface area contributed by atoms with Crippen molar-refractivity contribution in [3.63, 3.8) is 0 Å². The van der Waals surface area contributed by atoms with Crippen LogP contribution < -0.4 is 15.0 Å². The highest BCUT2D eigenvalue weighted by molar-refractivity contribution is 5.64. The largest absolute Gasteiger partial charge is 0.490 e. The number of anilines is 1. The molecule has 1 aromatic heterocycles. The van der Waals surface area contributed by atoms with Crippen LogP contribution in [0.2, 0.25) is 0 Å². The van der Waals surface area contributed by atoms with Crippen LogP contribution in [0.3, 0.4) is 0 Å². The van der Waals surface area contributed by atoms with E-state index in [9.17, 15) is 18.0 Å². The minimum atomic E-state index is -4.54. The monoisotopic (exact) mass is 406 g/mol. The summed E-state index contributed by atoms with van der Waals surface area (Å²) in [6.45, 7) is 3.42. The van der Waals surface area contributed by atoms with Crippen LogP contribution in [-0.2, 0) is 10.9 Å². The molecule has 0 aromatic carbocycles. The van der Waals surface area contributed by atoms with E-state index in [0.717, 1.165) is 6.07 Å². The molecule has 2 heterocycles. The summed E-state index contributed by atoms with van der Waals surface area (Å²) < 4.78 is 50.6. The number of alkyl halides is 3. The van der Waals surface area contributed by atoms with Gasteiger partial charge >= 0.3 is 12.3 Å². The molecular weight excluding hydrogens is 381 g/mol.